The lowest BCUT2D eigenvalue weighted by molar-refractivity contribution is -0.138. The Morgan fingerprint density at radius 2 is 2.45 bits per heavy atom. The molecule has 2 unspecified atom stereocenters. The molecular formula is C8H14O3. The van der Waals surface area contributed by atoms with Crippen LogP contribution in [-0.4, -0.2) is 23.8 Å². The fourth-order valence-corrected chi connectivity index (χ4v) is 1.24. The molecule has 0 amide bonds. The van der Waals surface area contributed by atoms with E-state index in [9.17, 15) is 4.79 Å². The van der Waals surface area contributed by atoms with Crippen molar-refractivity contribution in [2.45, 2.75) is 32.3 Å². The van der Waals surface area contributed by atoms with E-state index in [4.69, 9.17) is 9.84 Å². The van der Waals surface area contributed by atoms with Crippen LogP contribution in [0.4, 0.5) is 0 Å². The summed E-state index contributed by atoms with van der Waals surface area (Å²) in [6, 6.07) is 0. The van der Waals surface area contributed by atoms with Gasteiger partial charge < -0.3 is 9.84 Å². The van der Waals surface area contributed by atoms with Gasteiger partial charge in [0.2, 0.25) is 0 Å². The maximum absolute atomic E-state index is 10.2. The molecule has 0 spiro atoms. The van der Waals surface area contributed by atoms with Gasteiger partial charge in [-0.15, -0.1) is 0 Å². The molecule has 1 fully saturated rings. The van der Waals surface area contributed by atoms with Crippen molar-refractivity contribution in [3.8, 4) is 0 Å². The first kappa shape index (κ1) is 8.53. The molecule has 2 atom stereocenters. The van der Waals surface area contributed by atoms with Crippen LogP contribution >= 0.6 is 0 Å². The van der Waals surface area contributed by atoms with E-state index >= 15 is 0 Å². The van der Waals surface area contributed by atoms with E-state index in [1.54, 1.807) is 0 Å². The van der Waals surface area contributed by atoms with E-state index in [-0.39, 0.29) is 6.42 Å². The summed E-state index contributed by atoms with van der Waals surface area (Å²) in [4.78, 5) is 10.2. The summed E-state index contributed by atoms with van der Waals surface area (Å²) in [7, 11) is 0. The largest absolute Gasteiger partial charge is 0.481 e. The fourth-order valence-electron chi connectivity index (χ4n) is 1.24. The first-order valence-electron chi connectivity index (χ1n) is 4.03. The van der Waals surface area contributed by atoms with E-state index in [1.807, 2.05) is 6.92 Å². The average Bonchev–Trinajstić information content (AvgIpc) is 1.79. The minimum atomic E-state index is -0.712. The summed E-state index contributed by atoms with van der Waals surface area (Å²) >= 11 is 0. The molecule has 64 valence electrons. The van der Waals surface area contributed by atoms with Gasteiger partial charge in [-0.05, 0) is 18.8 Å². The number of aliphatic carboxylic acids is 1. The van der Waals surface area contributed by atoms with Crippen molar-refractivity contribution in [1.29, 1.82) is 0 Å². The smallest absolute Gasteiger partial charge is 0.303 e. The summed E-state index contributed by atoms with van der Waals surface area (Å²) in [5.41, 5.74) is 0. The van der Waals surface area contributed by atoms with Gasteiger partial charge >= 0.3 is 5.97 Å². The summed E-state index contributed by atoms with van der Waals surface area (Å²) in [6.07, 6.45) is 2.43. The molecule has 1 rings (SSSR count). The van der Waals surface area contributed by atoms with E-state index < -0.39 is 5.97 Å². The Morgan fingerprint density at radius 3 is 2.82 bits per heavy atom. The number of hydrogen-bond acceptors (Lipinski definition) is 2. The topological polar surface area (TPSA) is 46.5 Å². The predicted octanol–water partition coefficient (Wildman–Crippen LogP) is 1.28. The second-order valence-corrected chi connectivity index (χ2v) is 3.11. The zero-order valence-electron chi connectivity index (χ0n) is 6.75. The van der Waals surface area contributed by atoms with E-state index in [0.29, 0.717) is 12.0 Å². The lowest BCUT2D eigenvalue weighted by Gasteiger charge is -2.31. The van der Waals surface area contributed by atoms with Gasteiger partial charge in [0.25, 0.3) is 0 Å². The SMILES string of the molecule is CC(CCC(=O)O)C1CCO1. The van der Waals surface area contributed by atoms with Crippen LogP contribution in [0, 0.1) is 5.92 Å². The van der Waals surface area contributed by atoms with Gasteiger partial charge in [0.15, 0.2) is 0 Å². The van der Waals surface area contributed by atoms with Crippen molar-refractivity contribution in [2.75, 3.05) is 6.61 Å². The number of ether oxygens (including phenoxy) is 1. The highest BCUT2D eigenvalue weighted by Gasteiger charge is 2.24. The van der Waals surface area contributed by atoms with Crippen LogP contribution in [-0.2, 0) is 9.53 Å². The third-order valence-corrected chi connectivity index (χ3v) is 2.18. The van der Waals surface area contributed by atoms with Crippen LogP contribution in [0.2, 0.25) is 0 Å². The molecule has 1 N–H and O–H groups in total. The zero-order valence-corrected chi connectivity index (χ0v) is 6.75. The first-order valence-corrected chi connectivity index (χ1v) is 4.03. The van der Waals surface area contributed by atoms with Crippen LogP contribution in [0.1, 0.15) is 26.2 Å². The Hall–Kier alpha value is -0.570. The lowest BCUT2D eigenvalue weighted by atomic mass is 9.94. The molecular weight excluding hydrogens is 144 g/mol. The van der Waals surface area contributed by atoms with Crippen molar-refractivity contribution in [3.05, 3.63) is 0 Å². The third kappa shape index (κ3) is 2.50. The Bertz CT molecular complexity index is 140. The Morgan fingerprint density at radius 1 is 1.82 bits per heavy atom. The first-order chi connectivity index (χ1) is 5.20. The van der Waals surface area contributed by atoms with Crippen LogP contribution in [0.3, 0.4) is 0 Å². The van der Waals surface area contributed by atoms with Crippen molar-refractivity contribution in [2.24, 2.45) is 5.92 Å². The maximum atomic E-state index is 10.2. The molecule has 0 bridgehead atoms. The van der Waals surface area contributed by atoms with Crippen LogP contribution < -0.4 is 0 Å². The standard InChI is InChI=1S/C8H14O3/c1-6(2-3-8(9)10)7-4-5-11-7/h6-7H,2-5H2,1H3,(H,9,10). The minimum Gasteiger partial charge on any atom is -0.481 e. The summed E-state index contributed by atoms with van der Waals surface area (Å²) in [5, 5.41) is 8.39. The molecule has 1 saturated heterocycles. The van der Waals surface area contributed by atoms with Crippen molar-refractivity contribution in [3.63, 3.8) is 0 Å². The molecule has 0 radical (unpaired) electrons. The number of hydrogen-bond donors (Lipinski definition) is 1. The molecule has 0 aromatic carbocycles. The summed E-state index contributed by atoms with van der Waals surface area (Å²) in [6.45, 7) is 2.90. The zero-order chi connectivity index (χ0) is 8.27. The average molecular weight is 158 g/mol. The minimum absolute atomic E-state index is 0.265. The van der Waals surface area contributed by atoms with Gasteiger partial charge in [0, 0.05) is 13.0 Å². The molecule has 0 saturated carbocycles. The predicted molar refractivity (Wildman–Crippen MR) is 40.4 cm³/mol. The highest BCUT2D eigenvalue weighted by molar-refractivity contribution is 5.66. The molecule has 11 heavy (non-hydrogen) atoms. The molecule has 0 aliphatic carbocycles. The summed E-state index contributed by atoms with van der Waals surface area (Å²) in [5.74, 6) is -0.309. The maximum Gasteiger partial charge on any atom is 0.303 e. The monoisotopic (exact) mass is 158 g/mol. The second-order valence-electron chi connectivity index (χ2n) is 3.11. The number of carboxylic acid groups (broad SMARTS) is 1. The molecule has 0 aromatic heterocycles. The lowest BCUT2D eigenvalue weighted by Crippen LogP contribution is -2.33. The van der Waals surface area contributed by atoms with Gasteiger partial charge in [0.05, 0.1) is 6.10 Å². The van der Waals surface area contributed by atoms with Gasteiger partial charge in [-0.2, -0.15) is 0 Å². The highest BCUT2D eigenvalue weighted by atomic mass is 16.5. The molecule has 1 aliphatic rings. The van der Waals surface area contributed by atoms with Crippen molar-refractivity contribution in [1.82, 2.24) is 0 Å². The molecule has 3 nitrogen and oxygen atoms in total. The Labute approximate surface area is 66.4 Å². The van der Waals surface area contributed by atoms with Gasteiger partial charge in [-0.25, -0.2) is 0 Å². The van der Waals surface area contributed by atoms with Crippen LogP contribution in [0.25, 0.3) is 0 Å². The van der Waals surface area contributed by atoms with Gasteiger partial charge in [-0.1, -0.05) is 6.92 Å². The molecule has 1 aliphatic heterocycles. The van der Waals surface area contributed by atoms with Crippen molar-refractivity contribution >= 4 is 5.97 Å². The summed E-state index contributed by atoms with van der Waals surface area (Å²) < 4.78 is 5.23. The second kappa shape index (κ2) is 3.72. The van der Waals surface area contributed by atoms with Crippen molar-refractivity contribution < 1.29 is 14.6 Å². The molecule has 1 heterocycles. The van der Waals surface area contributed by atoms with E-state index in [0.717, 1.165) is 19.4 Å². The number of carbonyl (C=O) groups is 1. The quantitative estimate of drug-likeness (QED) is 0.670. The Balaban J connectivity index is 2.09. The van der Waals surface area contributed by atoms with E-state index in [1.165, 1.54) is 0 Å². The molecule has 3 heteroatoms. The number of rotatable bonds is 4. The number of carboxylic acids is 1. The van der Waals surface area contributed by atoms with Crippen LogP contribution in [0.5, 0.6) is 0 Å². The van der Waals surface area contributed by atoms with Gasteiger partial charge in [0.1, 0.15) is 0 Å². The molecule has 0 aromatic rings. The Kier molecular flexibility index (Phi) is 2.88. The fraction of sp³-hybridized carbons (Fsp3) is 0.875. The third-order valence-electron chi connectivity index (χ3n) is 2.18. The highest BCUT2D eigenvalue weighted by Crippen LogP contribution is 2.23. The van der Waals surface area contributed by atoms with Crippen LogP contribution in [0.15, 0.2) is 0 Å². The normalized spacial score (nSPS) is 25.7. The van der Waals surface area contributed by atoms with Gasteiger partial charge in [-0.3, -0.25) is 4.79 Å². The van der Waals surface area contributed by atoms with E-state index in [2.05, 4.69) is 0 Å².